The van der Waals surface area contributed by atoms with E-state index >= 15 is 0 Å². The molecule has 8 unspecified atom stereocenters. The van der Waals surface area contributed by atoms with Gasteiger partial charge in [0.25, 0.3) is 0 Å². The molecule has 0 saturated carbocycles. The molecule has 0 aliphatic carbocycles. The van der Waals surface area contributed by atoms with Crippen molar-refractivity contribution in [2.24, 2.45) is 5.41 Å². The van der Waals surface area contributed by atoms with Gasteiger partial charge in [-0.15, -0.1) is 0 Å². The van der Waals surface area contributed by atoms with Gasteiger partial charge in [-0.1, -0.05) is 70.2 Å². The Balaban J connectivity index is 0.00000384. The zero-order valence-corrected chi connectivity index (χ0v) is 36.8. The Hall–Kier alpha value is 0.725. The third-order valence-electron chi connectivity index (χ3n) is 8.67. The van der Waals surface area contributed by atoms with E-state index in [1.807, 2.05) is 62.3 Å². The third-order valence-corrected chi connectivity index (χ3v) is 43.0. The summed E-state index contributed by atoms with van der Waals surface area (Å²) >= 11 is 0. The van der Waals surface area contributed by atoms with Gasteiger partial charge in [0.1, 0.15) is 0 Å². The van der Waals surface area contributed by atoms with Crippen LogP contribution in [0.4, 0.5) is 0 Å². The van der Waals surface area contributed by atoms with E-state index in [1.54, 1.807) is 6.92 Å². The van der Waals surface area contributed by atoms with Crippen molar-refractivity contribution < 1.29 is 59.6 Å². The maximum atomic E-state index is 12.8. The van der Waals surface area contributed by atoms with Crippen molar-refractivity contribution in [1.82, 2.24) is 0 Å². The van der Waals surface area contributed by atoms with E-state index in [-0.39, 0.29) is 39.5 Å². The van der Waals surface area contributed by atoms with Crippen LogP contribution in [-0.2, 0) is 54.8 Å². The number of hydrogen-bond donors (Lipinski definition) is 1. The van der Waals surface area contributed by atoms with Crippen LogP contribution in [-0.4, -0.2) is 88.3 Å². The molecule has 278 valence electrons. The molecular weight excluding hydrogens is 749 g/mol. The fraction of sp³-hybridized carbons (Fsp3) is 0.960. The lowest BCUT2D eigenvalue weighted by molar-refractivity contribution is -0.154. The number of fused-ring (bicyclic) bond motifs is 4. The Morgan fingerprint density at radius 1 is 0.617 bits per heavy atom. The minimum atomic E-state index is -4.09. The van der Waals surface area contributed by atoms with Crippen LogP contribution in [0.2, 0.25) is 48.4 Å². The second kappa shape index (κ2) is 16.2. The van der Waals surface area contributed by atoms with E-state index < -0.39 is 76.3 Å². The van der Waals surface area contributed by atoms with Crippen LogP contribution in [0.3, 0.4) is 0 Å². The fourth-order valence-corrected chi connectivity index (χ4v) is 50.1. The average Bonchev–Trinajstić information content (AvgIpc) is 2.99. The molecule has 0 amide bonds. The van der Waals surface area contributed by atoms with Crippen LogP contribution in [0.15, 0.2) is 0 Å². The van der Waals surface area contributed by atoms with Gasteiger partial charge < -0.3 is 54.8 Å². The van der Waals surface area contributed by atoms with Gasteiger partial charge in [0.15, 0.2) is 0 Å². The molecule has 4 saturated heterocycles. The van der Waals surface area contributed by atoms with Gasteiger partial charge in [-0.2, -0.15) is 0 Å². The molecule has 6 bridgehead atoms. The summed E-state index contributed by atoms with van der Waals surface area (Å²) in [7, 11) is -29.2. The minimum absolute atomic E-state index is 0. The van der Waals surface area contributed by atoms with Gasteiger partial charge in [0, 0.05) is 42.3 Å². The van der Waals surface area contributed by atoms with Gasteiger partial charge >= 0.3 is 76.9 Å². The maximum absolute atomic E-state index is 12.8. The molecule has 14 nitrogen and oxygen atoms in total. The van der Waals surface area contributed by atoms with Crippen molar-refractivity contribution in [2.75, 3.05) is 6.61 Å². The second-order valence-corrected chi connectivity index (χ2v) is 37.7. The topological polar surface area (TPSA) is 148 Å². The van der Waals surface area contributed by atoms with Crippen LogP contribution < -0.4 is 0 Å². The van der Waals surface area contributed by atoms with E-state index in [2.05, 4.69) is 0 Å². The van der Waals surface area contributed by atoms with Gasteiger partial charge in [-0.3, -0.25) is 4.79 Å². The number of ether oxygens (including phenoxy) is 1. The highest BCUT2D eigenvalue weighted by Crippen LogP contribution is 2.49. The maximum Gasteiger partial charge on any atom is 0.483 e. The molecular formula is C25H62O14Si8. The Labute approximate surface area is 292 Å². The molecule has 4 aliphatic rings. The summed E-state index contributed by atoms with van der Waals surface area (Å²) < 4.78 is 82.3. The predicted molar refractivity (Wildman–Crippen MR) is 193 cm³/mol. The van der Waals surface area contributed by atoms with E-state index in [0.29, 0.717) is 49.1 Å². The highest BCUT2D eigenvalue weighted by molar-refractivity contribution is 7.00. The first-order valence-corrected chi connectivity index (χ1v) is 31.9. The third kappa shape index (κ3) is 9.03. The highest BCUT2D eigenvalue weighted by atomic mass is 28.6. The molecule has 4 fully saturated rings. The summed E-state index contributed by atoms with van der Waals surface area (Å²) in [4.78, 5) is 24.9. The van der Waals surface area contributed by atoms with Crippen LogP contribution in [0.1, 0.15) is 96.9 Å². The molecule has 0 radical (unpaired) electrons. The van der Waals surface area contributed by atoms with Crippen molar-refractivity contribution in [1.29, 1.82) is 0 Å². The lowest BCUT2D eigenvalue weighted by Gasteiger charge is -2.59. The van der Waals surface area contributed by atoms with Gasteiger partial charge in [-0.25, -0.2) is 0 Å². The van der Waals surface area contributed by atoms with Crippen LogP contribution in [0, 0.1) is 5.41 Å². The predicted octanol–water partition coefficient (Wildman–Crippen LogP) is 5.79. The van der Waals surface area contributed by atoms with Crippen LogP contribution in [0.25, 0.3) is 0 Å². The molecule has 4 aliphatic heterocycles. The van der Waals surface area contributed by atoms with Crippen LogP contribution in [0.5, 0.6) is 0 Å². The fourth-order valence-electron chi connectivity index (χ4n) is 5.34. The van der Waals surface area contributed by atoms with Crippen molar-refractivity contribution in [3.05, 3.63) is 0 Å². The first-order chi connectivity index (χ1) is 21.1. The smallest absolute Gasteiger partial charge is 0.465 e. The van der Waals surface area contributed by atoms with Crippen molar-refractivity contribution in [3.8, 4) is 0 Å². The quantitative estimate of drug-likeness (QED) is 0.136. The van der Waals surface area contributed by atoms with Gasteiger partial charge in [0.05, 0.1) is 12.0 Å². The zero-order valence-electron chi connectivity index (χ0n) is 28.6. The van der Waals surface area contributed by atoms with E-state index in [1.165, 1.54) is 0 Å². The second-order valence-electron chi connectivity index (χ2n) is 12.4. The van der Waals surface area contributed by atoms with Gasteiger partial charge in [0.2, 0.25) is 0 Å². The van der Waals surface area contributed by atoms with E-state index in [4.69, 9.17) is 50.0 Å². The van der Waals surface area contributed by atoms with E-state index in [9.17, 15) is 9.59 Å². The number of carbonyl (C=O) groups excluding carboxylic acids is 1. The van der Waals surface area contributed by atoms with Gasteiger partial charge in [-0.05, 0) is 32.7 Å². The summed E-state index contributed by atoms with van der Waals surface area (Å²) in [5, 5.41) is 0. The summed E-state index contributed by atoms with van der Waals surface area (Å²) in [6.07, 6.45) is 0.985. The molecule has 4 heterocycles. The number of esters is 1. The monoisotopic (exact) mass is 810 g/mol. The normalized spacial score (nSPS) is 41.6. The Bertz CT molecular complexity index is 1060. The molecule has 8 atom stereocenters. The Morgan fingerprint density at radius 3 is 1.40 bits per heavy atom. The lowest BCUT2D eigenvalue weighted by Crippen LogP contribution is -2.83. The molecule has 47 heavy (non-hydrogen) atoms. The van der Waals surface area contributed by atoms with Crippen molar-refractivity contribution in [3.63, 3.8) is 0 Å². The zero-order chi connectivity index (χ0) is 33.4. The summed E-state index contributed by atoms with van der Waals surface area (Å²) in [6.45, 7) is 19.2. The molecule has 1 N–H and O–H groups in total. The first-order valence-electron chi connectivity index (χ1n) is 16.6. The number of rotatable bonds is 13. The molecule has 0 spiro atoms. The molecule has 0 aromatic carbocycles. The highest BCUT2D eigenvalue weighted by Gasteiger charge is 2.77. The number of hydrogen-bond acceptors (Lipinski definition) is 14. The van der Waals surface area contributed by atoms with Crippen molar-refractivity contribution in [2.45, 2.75) is 145 Å². The standard InChI is InChI=1S/C23H54O14Si8.2CH4/c1-11-23(9,10)22(24)26-20-19-21-45-30-39(25,13-3)29-42(16-6)31-40(14-4)27-38(12-2)28-41(15-5,34-45)33-43(17-7,32-40)36-44(18-8,35-42)37-45;;/h25,38H,11-21H2,1-10H3;2*1H4. The van der Waals surface area contributed by atoms with Crippen molar-refractivity contribution >= 4 is 76.9 Å². The molecule has 22 heteroatoms. The van der Waals surface area contributed by atoms with E-state index in [0.717, 1.165) is 0 Å². The first kappa shape index (κ1) is 43.9. The SMILES string of the molecule is C.C.CC[SiH]1O[Si]2(CC)O[Si]3(CC)O[Si](O)(CC)O[Si]4(CCCOC(=O)C(C)(C)CC)O[Si](CC)(O1)O[Si](CC)(O2)O[Si](CC)(O3)O4. The summed E-state index contributed by atoms with van der Waals surface area (Å²) in [5.41, 5.74) is -0.610. The molecule has 0 aromatic heterocycles. The minimum Gasteiger partial charge on any atom is -0.465 e. The summed E-state index contributed by atoms with van der Waals surface area (Å²) in [5.74, 6) is -0.286. The lowest BCUT2D eigenvalue weighted by atomic mass is 9.91. The Kier molecular flexibility index (Phi) is 15.1. The average molecular weight is 811 g/mol. The summed E-state index contributed by atoms with van der Waals surface area (Å²) in [6, 6.07) is 2.75. The number of carbonyl (C=O) groups is 1. The van der Waals surface area contributed by atoms with Crippen LogP contribution >= 0.6 is 0 Å². The molecule has 0 aromatic rings. The molecule has 4 rings (SSSR count). The largest absolute Gasteiger partial charge is 0.483 e. The Morgan fingerprint density at radius 2 is 1.00 bits per heavy atom.